The lowest BCUT2D eigenvalue weighted by Gasteiger charge is -2.22. The van der Waals surface area contributed by atoms with Crippen molar-refractivity contribution < 1.29 is 27.8 Å². The molecule has 0 unspecified atom stereocenters. The molecule has 0 aliphatic heterocycles. The van der Waals surface area contributed by atoms with E-state index in [0.29, 0.717) is 27.8 Å². The summed E-state index contributed by atoms with van der Waals surface area (Å²) in [4.78, 5) is 26.1. The van der Waals surface area contributed by atoms with Crippen molar-refractivity contribution in [3.63, 3.8) is 0 Å². The van der Waals surface area contributed by atoms with Crippen LogP contribution in [-0.2, 0) is 9.47 Å². The lowest BCUT2D eigenvalue weighted by Crippen LogP contribution is -2.16. The summed E-state index contributed by atoms with van der Waals surface area (Å²) in [5.74, 6) is -2.25. The maximum absolute atomic E-state index is 13.7. The minimum atomic E-state index is -0.647. The van der Waals surface area contributed by atoms with Crippen molar-refractivity contribution in [1.29, 1.82) is 0 Å². The molecule has 0 aliphatic carbocycles. The van der Waals surface area contributed by atoms with Crippen LogP contribution in [0.5, 0.6) is 0 Å². The molecule has 166 valence electrons. The van der Waals surface area contributed by atoms with E-state index in [0.717, 1.165) is 0 Å². The highest BCUT2D eigenvalue weighted by Gasteiger charge is 2.30. The standard InChI is InChI=1S/C26H24F2O4/c1-5-32-26(30)24-21(16-6-10-18(27)11-7-16)14-20(15(2)3)23(25(29)31-4)22(24)17-8-12-19(28)13-9-17/h6-15H,5H2,1-4H3. The van der Waals surface area contributed by atoms with Crippen LogP contribution in [0.4, 0.5) is 8.78 Å². The summed E-state index contributed by atoms with van der Waals surface area (Å²) in [6.45, 7) is 5.62. The number of methoxy groups -OCH3 is 1. The fourth-order valence-corrected chi connectivity index (χ4v) is 3.66. The molecule has 0 atom stereocenters. The molecule has 0 heterocycles. The van der Waals surface area contributed by atoms with Gasteiger partial charge in [-0.2, -0.15) is 0 Å². The third kappa shape index (κ3) is 4.54. The summed E-state index contributed by atoms with van der Waals surface area (Å²) < 4.78 is 37.7. The van der Waals surface area contributed by atoms with E-state index in [1.165, 1.54) is 43.5 Å². The average molecular weight is 438 g/mol. The van der Waals surface area contributed by atoms with Gasteiger partial charge in [0.15, 0.2) is 0 Å². The first-order chi connectivity index (χ1) is 15.3. The number of rotatable bonds is 6. The summed E-state index contributed by atoms with van der Waals surface area (Å²) in [5.41, 5.74) is 2.80. The van der Waals surface area contributed by atoms with Crippen molar-refractivity contribution in [2.45, 2.75) is 26.7 Å². The van der Waals surface area contributed by atoms with Crippen LogP contribution in [0.2, 0.25) is 0 Å². The summed E-state index contributed by atoms with van der Waals surface area (Å²) >= 11 is 0. The predicted octanol–water partition coefficient (Wildman–Crippen LogP) is 6.39. The van der Waals surface area contributed by atoms with Crippen molar-refractivity contribution in [2.24, 2.45) is 0 Å². The SMILES string of the molecule is CCOC(=O)c1c(-c2ccc(F)cc2)cc(C(C)C)c(C(=O)OC)c1-c1ccc(F)cc1. The van der Waals surface area contributed by atoms with Crippen molar-refractivity contribution in [3.8, 4) is 22.3 Å². The third-order valence-electron chi connectivity index (χ3n) is 5.14. The van der Waals surface area contributed by atoms with Crippen molar-refractivity contribution >= 4 is 11.9 Å². The monoisotopic (exact) mass is 438 g/mol. The molecule has 0 bridgehead atoms. The van der Waals surface area contributed by atoms with E-state index in [4.69, 9.17) is 9.47 Å². The van der Waals surface area contributed by atoms with E-state index in [1.807, 2.05) is 13.8 Å². The van der Waals surface area contributed by atoms with E-state index in [9.17, 15) is 18.4 Å². The van der Waals surface area contributed by atoms with Gasteiger partial charge in [-0.3, -0.25) is 0 Å². The van der Waals surface area contributed by atoms with Gasteiger partial charge in [0.1, 0.15) is 11.6 Å². The first kappa shape index (κ1) is 23.1. The zero-order valence-corrected chi connectivity index (χ0v) is 18.4. The second-order valence-corrected chi connectivity index (χ2v) is 7.52. The number of esters is 2. The smallest absolute Gasteiger partial charge is 0.339 e. The Morgan fingerprint density at radius 2 is 1.38 bits per heavy atom. The number of carbonyl (C=O) groups excluding carboxylic acids is 2. The molecule has 0 aromatic heterocycles. The molecule has 0 spiro atoms. The second kappa shape index (κ2) is 9.73. The minimum absolute atomic E-state index is 0.112. The number of hydrogen-bond donors (Lipinski definition) is 0. The highest BCUT2D eigenvalue weighted by Crippen LogP contribution is 2.40. The van der Waals surface area contributed by atoms with Crippen LogP contribution in [0.15, 0.2) is 54.6 Å². The fourth-order valence-electron chi connectivity index (χ4n) is 3.66. The molecular formula is C26H24F2O4. The Kier molecular flexibility index (Phi) is 7.03. The summed E-state index contributed by atoms with van der Waals surface area (Å²) in [6.07, 6.45) is 0. The molecule has 3 rings (SSSR count). The quantitative estimate of drug-likeness (QED) is 0.419. The molecule has 6 heteroatoms. The fraction of sp³-hybridized carbons (Fsp3) is 0.231. The number of benzene rings is 3. The van der Waals surface area contributed by atoms with Gasteiger partial charge in [-0.1, -0.05) is 38.1 Å². The molecule has 0 fully saturated rings. The van der Waals surface area contributed by atoms with E-state index >= 15 is 0 Å². The molecule has 0 N–H and O–H groups in total. The molecular weight excluding hydrogens is 414 g/mol. The van der Waals surface area contributed by atoms with Crippen LogP contribution in [0, 0.1) is 11.6 Å². The maximum Gasteiger partial charge on any atom is 0.339 e. The van der Waals surface area contributed by atoms with Crippen LogP contribution in [0.3, 0.4) is 0 Å². The Labute approximate surface area is 185 Å². The number of ether oxygens (including phenoxy) is 2. The van der Waals surface area contributed by atoms with Gasteiger partial charge in [-0.15, -0.1) is 0 Å². The van der Waals surface area contributed by atoms with Crippen LogP contribution in [-0.4, -0.2) is 25.7 Å². The first-order valence-corrected chi connectivity index (χ1v) is 10.3. The van der Waals surface area contributed by atoms with Crippen LogP contribution in [0.25, 0.3) is 22.3 Å². The number of halogens is 2. The van der Waals surface area contributed by atoms with Crippen molar-refractivity contribution in [3.05, 3.63) is 82.9 Å². The largest absolute Gasteiger partial charge is 0.465 e. The molecule has 3 aromatic rings. The average Bonchev–Trinajstić information content (AvgIpc) is 2.78. The molecule has 3 aromatic carbocycles. The van der Waals surface area contributed by atoms with Crippen LogP contribution >= 0.6 is 0 Å². The Morgan fingerprint density at radius 1 is 0.844 bits per heavy atom. The third-order valence-corrected chi connectivity index (χ3v) is 5.14. The van der Waals surface area contributed by atoms with Gasteiger partial charge >= 0.3 is 11.9 Å². The van der Waals surface area contributed by atoms with Gasteiger partial charge in [0.2, 0.25) is 0 Å². The van der Waals surface area contributed by atoms with Gasteiger partial charge < -0.3 is 9.47 Å². The Bertz CT molecular complexity index is 1130. The Morgan fingerprint density at radius 3 is 1.84 bits per heavy atom. The van der Waals surface area contributed by atoms with Gasteiger partial charge in [0.25, 0.3) is 0 Å². The molecule has 0 aliphatic rings. The molecule has 0 saturated heterocycles. The van der Waals surface area contributed by atoms with Gasteiger partial charge in [0.05, 0.1) is 24.8 Å². The lowest BCUT2D eigenvalue weighted by molar-refractivity contribution is 0.0528. The Balaban J connectivity index is 2.52. The van der Waals surface area contributed by atoms with Crippen LogP contribution in [0.1, 0.15) is 53.0 Å². The predicted molar refractivity (Wildman–Crippen MR) is 119 cm³/mol. The zero-order valence-electron chi connectivity index (χ0n) is 18.4. The summed E-state index contributed by atoms with van der Waals surface area (Å²) in [7, 11) is 1.26. The van der Waals surface area contributed by atoms with E-state index in [-0.39, 0.29) is 23.7 Å². The molecule has 4 nitrogen and oxygen atoms in total. The molecule has 0 amide bonds. The molecule has 0 saturated carbocycles. The minimum Gasteiger partial charge on any atom is -0.465 e. The zero-order chi connectivity index (χ0) is 23.4. The van der Waals surface area contributed by atoms with Crippen molar-refractivity contribution in [2.75, 3.05) is 13.7 Å². The van der Waals surface area contributed by atoms with E-state index in [1.54, 1.807) is 25.1 Å². The van der Waals surface area contributed by atoms with Crippen molar-refractivity contribution in [1.82, 2.24) is 0 Å². The normalized spacial score (nSPS) is 10.8. The highest BCUT2D eigenvalue weighted by molar-refractivity contribution is 6.11. The maximum atomic E-state index is 13.7. The number of hydrogen-bond acceptors (Lipinski definition) is 4. The molecule has 0 radical (unpaired) electrons. The van der Waals surface area contributed by atoms with E-state index < -0.39 is 23.6 Å². The Hall–Kier alpha value is -3.54. The van der Waals surface area contributed by atoms with E-state index in [2.05, 4.69) is 0 Å². The second-order valence-electron chi connectivity index (χ2n) is 7.52. The first-order valence-electron chi connectivity index (χ1n) is 10.3. The highest BCUT2D eigenvalue weighted by atomic mass is 19.1. The summed E-state index contributed by atoms with van der Waals surface area (Å²) in [6, 6.07) is 13.0. The van der Waals surface area contributed by atoms with Gasteiger partial charge in [0, 0.05) is 5.56 Å². The van der Waals surface area contributed by atoms with Crippen LogP contribution < -0.4 is 0 Å². The lowest BCUT2D eigenvalue weighted by atomic mass is 9.82. The number of carbonyl (C=O) groups is 2. The topological polar surface area (TPSA) is 52.6 Å². The molecule has 32 heavy (non-hydrogen) atoms. The van der Waals surface area contributed by atoms with Gasteiger partial charge in [-0.05, 0) is 65.4 Å². The van der Waals surface area contributed by atoms with Gasteiger partial charge in [-0.25, -0.2) is 18.4 Å². The summed E-state index contributed by atoms with van der Waals surface area (Å²) in [5, 5.41) is 0.